The Labute approximate surface area is 258 Å². The second-order valence-electron chi connectivity index (χ2n) is 11.9. The van der Waals surface area contributed by atoms with Gasteiger partial charge in [0.25, 0.3) is 0 Å². The number of amides is 2. The molecule has 2 N–H and O–H groups in total. The summed E-state index contributed by atoms with van der Waals surface area (Å²) in [6.45, 7) is 6.41. The van der Waals surface area contributed by atoms with Crippen molar-refractivity contribution in [3.05, 3.63) is 45.9 Å². The first-order valence-corrected chi connectivity index (χ1v) is 16.5. The van der Waals surface area contributed by atoms with Crippen LogP contribution in [0.15, 0.2) is 29.6 Å². The molecule has 5 rings (SSSR count). The van der Waals surface area contributed by atoms with Crippen LogP contribution in [-0.2, 0) is 14.3 Å². The molecule has 2 amide bonds. The minimum atomic E-state index is -0.601. The van der Waals surface area contributed by atoms with Crippen molar-refractivity contribution in [2.75, 3.05) is 40.4 Å². The molecule has 3 aliphatic rings. The van der Waals surface area contributed by atoms with Crippen molar-refractivity contribution in [1.82, 2.24) is 25.4 Å². The van der Waals surface area contributed by atoms with Gasteiger partial charge in [0.15, 0.2) is 0 Å². The predicted octanol–water partition coefficient (Wildman–Crippen LogP) is 3.42. The fourth-order valence-electron chi connectivity index (χ4n) is 6.79. The number of para-hydroxylation sites is 1. The zero-order valence-corrected chi connectivity index (χ0v) is 26.5. The SMILES string of the molecule is CCOC1CC2CN(C(=O)C(NC(=O)C(C)NC)C3CCCCC3)C(c3nc(C(=O)c4ccccc4OC)cs3)CN2C1. The van der Waals surface area contributed by atoms with Gasteiger partial charge < -0.3 is 25.0 Å². The molecule has 1 saturated carbocycles. The fourth-order valence-corrected chi connectivity index (χ4v) is 7.69. The van der Waals surface area contributed by atoms with Crippen molar-refractivity contribution in [2.45, 2.75) is 82.6 Å². The highest BCUT2D eigenvalue weighted by molar-refractivity contribution is 7.10. The summed E-state index contributed by atoms with van der Waals surface area (Å²) in [6, 6.07) is 5.97. The van der Waals surface area contributed by atoms with Crippen molar-refractivity contribution >= 4 is 28.9 Å². The standard InChI is InChI=1S/C32H45N5O5S/c1-5-42-23-15-22-16-37(32(40)28(21-11-7-6-8-12-21)35-30(39)20(2)33-3)26(18-36(22)17-23)31-34-25(19-43-31)29(38)24-13-9-10-14-27(24)41-4/h9-10,13-14,19-23,26,28,33H,5-8,11-12,15-18H2,1-4H3,(H,35,39). The van der Waals surface area contributed by atoms with Crippen LogP contribution in [0.25, 0.3) is 0 Å². The number of methoxy groups -OCH3 is 1. The Hall–Kier alpha value is -2.86. The number of thiazole rings is 1. The molecular weight excluding hydrogens is 566 g/mol. The number of carbonyl (C=O) groups is 3. The third-order valence-electron chi connectivity index (χ3n) is 9.27. The van der Waals surface area contributed by atoms with Gasteiger partial charge in [-0.05, 0) is 58.2 Å². The Morgan fingerprint density at radius 1 is 1.12 bits per heavy atom. The quantitative estimate of drug-likeness (QED) is 0.372. The number of hydrogen-bond acceptors (Lipinski definition) is 9. The zero-order valence-electron chi connectivity index (χ0n) is 25.7. The number of carbonyl (C=O) groups excluding carboxylic acids is 3. The average molecular weight is 612 g/mol. The number of piperazine rings is 1. The molecule has 0 spiro atoms. The number of hydrogen-bond donors (Lipinski definition) is 2. The highest BCUT2D eigenvalue weighted by atomic mass is 32.1. The normalized spacial score (nSPS) is 24.3. The zero-order chi connectivity index (χ0) is 30.5. The van der Waals surface area contributed by atoms with Crippen LogP contribution >= 0.6 is 11.3 Å². The van der Waals surface area contributed by atoms with Gasteiger partial charge in [0.2, 0.25) is 17.6 Å². The summed E-state index contributed by atoms with van der Waals surface area (Å²) in [5, 5.41) is 8.64. The average Bonchev–Trinajstić information content (AvgIpc) is 3.69. The van der Waals surface area contributed by atoms with Crippen LogP contribution in [0.2, 0.25) is 0 Å². The smallest absolute Gasteiger partial charge is 0.246 e. The summed E-state index contributed by atoms with van der Waals surface area (Å²) < 4.78 is 11.4. The van der Waals surface area contributed by atoms with Crippen molar-refractivity contribution in [3.8, 4) is 5.75 Å². The lowest BCUT2D eigenvalue weighted by molar-refractivity contribution is -0.144. The van der Waals surface area contributed by atoms with Crippen LogP contribution in [0.3, 0.4) is 0 Å². The van der Waals surface area contributed by atoms with Crippen LogP contribution in [0.5, 0.6) is 5.75 Å². The molecule has 2 aliphatic heterocycles. The molecule has 3 fully saturated rings. The number of fused-ring (bicyclic) bond motifs is 1. The van der Waals surface area contributed by atoms with Crippen molar-refractivity contribution < 1.29 is 23.9 Å². The van der Waals surface area contributed by atoms with E-state index in [1.165, 1.54) is 11.3 Å². The van der Waals surface area contributed by atoms with Crippen LogP contribution in [0.1, 0.15) is 79.5 Å². The lowest BCUT2D eigenvalue weighted by atomic mass is 9.82. The van der Waals surface area contributed by atoms with E-state index in [2.05, 4.69) is 15.5 Å². The molecule has 1 aliphatic carbocycles. The molecule has 2 aromatic rings. The molecule has 1 aromatic carbocycles. The lowest BCUT2D eigenvalue weighted by Crippen LogP contribution is -2.61. The minimum absolute atomic E-state index is 0.0548. The second-order valence-corrected chi connectivity index (χ2v) is 12.8. The Kier molecular flexibility index (Phi) is 10.5. The maximum Gasteiger partial charge on any atom is 0.246 e. The van der Waals surface area contributed by atoms with Crippen LogP contribution in [0.4, 0.5) is 0 Å². The van der Waals surface area contributed by atoms with Gasteiger partial charge in [0.1, 0.15) is 22.5 Å². The van der Waals surface area contributed by atoms with E-state index in [1.807, 2.05) is 30.9 Å². The molecule has 5 unspecified atom stereocenters. The van der Waals surface area contributed by atoms with E-state index in [0.717, 1.165) is 50.1 Å². The molecule has 43 heavy (non-hydrogen) atoms. The fraction of sp³-hybridized carbons (Fsp3) is 0.625. The monoisotopic (exact) mass is 611 g/mol. The largest absolute Gasteiger partial charge is 0.496 e. The molecule has 0 radical (unpaired) electrons. The Morgan fingerprint density at radius 2 is 1.88 bits per heavy atom. The van der Waals surface area contributed by atoms with E-state index in [-0.39, 0.29) is 41.7 Å². The third kappa shape index (κ3) is 6.95. The first-order valence-electron chi connectivity index (χ1n) is 15.6. The summed E-state index contributed by atoms with van der Waals surface area (Å²) in [6.07, 6.45) is 6.08. The van der Waals surface area contributed by atoms with E-state index in [4.69, 9.17) is 14.5 Å². The summed E-state index contributed by atoms with van der Waals surface area (Å²) in [7, 11) is 3.29. The van der Waals surface area contributed by atoms with E-state index < -0.39 is 12.1 Å². The summed E-state index contributed by atoms with van der Waals surface area (Å²) in [4.78, 5) is 50.3. The molecule has 11 heteroatoms. The molecular formula is C32H45N5O5S. The van der Waals surface area contributed by atoms with Crippen LogP contribution < -0.4 is 15.4 Å². The van der Waals surface area contributed by atoms with Gasteiger partial charge in [-0.1, -0.05) is 31.4 Å². The molecule has 1 aromatic heterocycles. The highest BCUT2D eigenvalue weighted by Gasteiger charge is 2.46. The number of nitrogens with zero attached hydrogens (tertiary/aromatic N) is 3. The van der Waals surface area contributed by atoms with E-state index in [0.29, 0.717) is 36.7 Å². The number of benzene rings is 1. The van der Waals surface area contributed by atoms with Gasteiger partial charge in [0, 0.05) is 37.7 Å². The van der Waals surface area contributed by atoms with Gasteiger partial charge in [-0.25, -0.2) is 4.98 Å². The Balaban J connectivity index is 1.46. The predicted molar refractivity (Wildman–Crippen MR) is 165 cm³/mol. The summed E-state index contributed by atoms with van der Waals surface area (Å²) in [5.74, 6) is 0.156. The molecule has 2 saturated heterocycles. The van der Waals surface area contributed by atoms with E-state index in [1.54, 1.807) is 31.7 Å². The summed E-state index contributed by atoms with van der Waals surface area (Å²) in [5.41, 5.74) is 0.795. The van der Waals surface area contributed by atoms with Gasteiger partial charge >= 0.3 is 0 Å². The second kappa shape index (κ2) is 14.3. The number of likely N-dealkylation sites (N-methyl/N-ethyl adjacent to an activating group) is 1. The number of aromatic nitrogens is 1. The third-order valence-corrected chi connectivity index (χ3v) is 10.2. The molecule has 10 nitrogen and oxygen atoms in total. The van der Waals surface area contributed by atoms with Gasteiger partial charge in [0.05, 0.1) is 30.9 Å². The topological polar surface area (TPSA) is 113 Å². The van der Waals surface area contributed by atoms with Crippen molar-refractivity contribution in [3.63, 3.8) is 0 Å². The first kappa shape index (κ1) is 31.6. The van der Waals surface area contributed by atoms with Crippen molar-refractivity contribution in [2.24, 2.45) is 5.92 Å². The number of ether oxygens (including phenoxy) is 2. The molecule has 0 bridgehead atoms. The van der Waals surface area contributed by atoms with E-state index >= 15 is 0 Å². The maximum atomic E-state index is 14.6. The van der Waals surface area contributed by atoms with Crippen molar-refractivity contribution in [1.29, 1.82) is 0 Å². The van der Waals surface area contributed by atoms with Crippen LogP contribution in [0, 0.1) is 5.92 Å². The maximum absolute atomic E-state index is 14.6. The highest BCUT2D eigenvalue weighted by Crippen LogP contribution is 2.37. The van der Waals surface area contributed by atoms with Gasteiger partial charge in [-0.3, -0.25) is 19.3 Å². The number of nitrogens with one attached hydrogen (secondary N) is 2. The van der Waals surface area contributed by atoms with E-state index in [9.17, 15) is 14.4 Å². The van der Waals surface area contributed by atoms with Crippen LogP contribution in [-0.4, -0.2) is 97.0 Å². The Morgan fingerprint density at radius 3 is 2.60 bits per heavy atom. The molecule has 234 valence electrons. The van der Waals surface area contributed by atoms with Gasteiger partial charge in [-0.15, -0.1) is 11.3 Å². The molecule has 5 atom stereocenters. The Bertz CT molecular complexity index is 1280. The number of rotatable bonds is 11. The lowest BCUT2D eigenvalue weighted by Gasteiger charge is -2.45. The summed E-state index contributed by atoms with van der Waals surface area (Å²) >= 11 is 1.41. The molecule has 3 heterocycles. The first-order chi connectivity index (χ1) is 20.8. The number of ketones is 1. The minimum Gasteiger partial charge on any atom is -0.496 e. The van der Waals surface area contributed by atoms with Gasteiger partial charge in [-0.2, -0.15) is 0 Å².